The van der Waals surface area contributed by atoms with Crippen LogP contribution < -0.4 is 10.1 Å². The SMILES string of the molecule is O=C(CCCOc1ccccc1)NC(CCO)C(=O)O. The molecule has 6 nitrogen and oxygen atoms in total. The van der Waals surface area contributed by atoms with E-state index in [0.29, 0.717) is 13.0 Å². The van der Waals surface area contributed by atoms with Crippen molar-refractivity contribution >= 4 is 11.9 Å². The third kappa shape index (κ3) is 6.19. The summed E-state index contributed by atoms with van der Waals surface area (Å²) >= 11 is 0. The van der Waals surface area contributed by atoms with E-state index >= 15 is 0 Å². The highest BCUT2D eigenvalue weighted by Gasteiger charge is 2.18. The number of hydrogen-bond acceptors (Lipinski definition) is 4. The molecule has 3 N–H and O–H groups in total. The maximum Gasteiger partial charge on any atom is 0.326 e. The summed E-state index contributed by atoms with van der Waals surface area (Å²) in [6.07, 6.45) is 0.676. The number of aliphatic hydroxyl groups is 1. The molecule has 0 heterocycles. The lowest BCUT2D eigenvalue weighted by Crippen LogP contribution is -2.41. The van der Waals surface area contributed by atoms with E-state index in [0.717, 1.165) is 5.75 Å². The Balaban J connectivity index is 2.21. The molecule has 1 aromatic carbocycles. The predicted octanol–water partition coefficient (Wildman–Crippen LogP) is 0.797. The van der Waals surface area contributed by atoms with Gasteiger partial charge in [0.05, 0.1) is 6.61 Å². The summed E-state index contributed by atoms with van der Waals surface area (Å²) in [7, 11) is 0. The zero-order chi connectivity index (χ0) is 14.8. The van der Waals surface area contributed by atoms with Crippen molar-refractivity contribution in [3.05, 3.63) is 30.3 Å². The van der Waals surface area contributed by atoms with Crippen LogP contribution in [0.25, 0.3) is 0 Å². The quantitative estimate of drug-likeness (QED) is 0.582. The summed E-state index contributed by atoms with van der Waals surface area (Å²) in [4.78, 5) is 22.3. The minimum Gasteiger partial charge on any atom is -0.494 e. The Bertz CT molecular complexity index is 421. The van der Waals surface area contributed by atoms with Crippen LogP contribution in [-0.4, -0.2) is 41.3 Å². The number of carbonyl (C=O) groups is 2. The fourth-order valence-corrected chi connectivity index (χ4v) is 1.59. The molecule has 0 radical (unpaired) electrons. The van der Waals surface area contributed by atoms with E-state index in [9.17, 15) is 9.59 Å². The van der Waals surface area contributed by atoms with Crippen molar-refractivity contribution in [2.75, 3.05) is 13.2 Å². The Morgan fingerprint density at radius 3 is 2.55 bits per heavy atom. The molecule has 1 unspecified atom stereocenters. The number of ether oxygens (including phenoxy) is 1. The fourth-order valence-electron chi connectivity index (χ4n) is 1.59. The molecule has 0 saturated heterocycles. The molecule has 1 atom stereocenters. The van der Waals surface area contributed by atoms with Crippen molar-refractivity contribution < 1.29 is 24.5 Å². The van der Waals surface area contributed by atoms with E-state index in [2.05, 4.69) is 5.32 Å². The second kappa shape index (κ2) is 8.92. The predicted molar refractivity (Wildman–Crippen MR) is 72.4 cm³/mol. The van der Waals surface area contributed by atoms with E-state index in [4.69, 9.17) is 14.9 Å². The lowest BCUT2D eigenvalue weighted by Gasteiger charge is -2.13. The topological polar surface area (TPSA) is 95.9 Å². The molecule has 6 heteroatoms. The Kier molecular flexibility index (Phi) is 7.13. The number of rotatable bonds is 9. The van der Waals surface area contributed by atoms with Gasteiger partial charge < -0.3 is 20.3 Å². The number of para-hydroxylation sites is 1. The van der Waals surface area contributed by atoms with Crippen LogP contribution in [0, 0.1) is 0 Å². The number of aliphatic hydroxyl groups excluding tert-OH is 1. The monoisotopic (exact) mass is 281 g/mol. The molecular weight excluding hydrogens is 262 g/mol. The molecule has 0 bridgehead atoms. The van der Waals surface area contributed by atoms with Crippen LogP contribution in [0.2, 0.25) is 0 Å². The van der Waals surface area contributed by atoms with Gasteiger partial charge in [0.2, 0.25) is 5.91 Å². The minimum atomic E-state index is -1.15. The highest BCUT2D eigenvalue weighted by molar-refractivity contribution is 5.83. The molecule has 1 amide bonds. The van der Waals surface area contributed by atoms with Gasteiger partial charge >= 0.3 is 5.97 Å². The summed E-state index contributed by atoms with van der Waals surface area (Å²) in [6.45, 7) is 0.101. The largest absolute Gasteiger partial charge is 0.494 e. The van der Waals surface area contributed by atoms with Crippen LogP contribution in [0.3, 0.4) is 0 Å². The first-order valence-corrected chi connectivity index (χ1v) is 6.44. The molecule has 0 saturated carbocycles. The number of benzene rings is 1. The number of carbonyl (C=O) groups excluding carboxylic acids is 1. The van der Waals surface area contributed by atoms with Crippen molar-refractivity contribution in [2.24, 2.45) is 0 Å². The number of carboxylic acid groups (broad SMARTS) is 1. The van der Waals surface area contributed by atoms with E-state index in [1.54, 1.807) is 0 Å². The zero-order valence-corrected chi connectivity index (χ0v) is 11.1. The standard InChI is InChI=1S/C14H19NO5/c16-9-8-12(14(18)19)15-13(17)7-4-10-20-11-5-2-1-3-6-11/h1-3,5-6,12,16H,4,7-10H2,(H,15,17)(H,18,19). The van der Waals surface area contributed by atoms with Crippen molar-refractivity contribution in [1.82, 2.24) is 5.32 Å². The summed E-state index contributed by atoms with van der Waals surface area (Å²) in [5, 5.41) is 19.9. The Morgan fingerprint density at radius 1 is 1.25 bits per heavy atom. The van der Waals surface area contributed by atoms with Crippen molar-refractivity contribution in [1.29, 1.82) is 0 Å². The first-order chi connectivity index (χ1) is 9.63. The van der Waals surface area contributed by atoms with Crippen LogP contribution in [0.15, 0.2) is 30.3 Å². The first kappa shape index (κ1) is 16.0. The van der Waals surface area contributed by atoms with Crippen molar-refractivity contribution in [3.8, 4) is 5.75 Å². The van der Waals surface area contributed by atoms with Gasteiger partial charge in [0.1, 0.15) is 11.8 Å². The molecule has 110 valence electrons. The zero-order valence-electron chi connectivity index (χ0n) is 11.1. The second-order valence-corrected chi connectivity index (χ2v) is 4.24. The average Bonchev–Trinajstić information content (AvgIpc) is 2.44. The van der Waals surface area contributed by atoms with Gasteiger partial charge in [-0.1, -0.05) is 18.2 Å². The van der Waals surface area contributed by atoms with Gasteiger partial charge in [-0.2, -0.15) is 0 Å². The summed E-state index contributed by atoms with van der Waals surface area (Å²) in [5.74, 6) is -0.771. The van der Waals surface area contributed by atoms with Gasteiger partial charge in [0.25, 0.3) is 0 Å². The highest BCUT2D eigenvalue weighted by Crippen LogP contribution is 2.08. The lowest BCUT2D eigenvalue weighted by molar-refractivity contribution is -0.142. The molecule has 0 aliphatic carbocycles. The van der Waals surface area contributed by atoms with Gasteiger partial charge in [-0.3, -0.25) is 4.79 Å². The Morgan fingerprint density at radius 2 is 1.95 bits per heavy atom. The van der Waals surface area contributed by atoms with Gasteiger partial charge in [0, 0.05) is 19.4 Å². The molecule has 0 spiro atoms. The first-order valence-electron chi connectivity index (χ1n) is 6.44. The molecular formula is C14H19NO5. The lowest BCUT2D eigenvalue weighted by atomic mass is 10.2. The van der Waals surface area contributed by atoms with Crippen LogP contribution in [0.5, 0.6) is 5.75 Å². The molecule has 0 aliphatic heterocycles. The van der Waals surface area contributed by atoms with E-state index < -0.39 is 12.0 Å². The summed E-state index contributed by atoms with van der Waals surface area (Å²) in [6, 6.07) is 8.20. The van der Waals surface area contributed by atoms with Crippen molar-refractivity contribution in [3.63, 3.8) is 0 Å². The smallest absolute Gasteiger partial charge is 0.326 e. The number of aliphatic carboxylic acids is 1. The molecule has 1 rings (SSSR count). The van der Waals surface area contributed by atoms with Gasteiger partial charge in [-0.05, 0) is 18.6 Å². The van der Waals surface area contributed by atoms with Gasteiger partial charge in [-0.15, -0.1) is 0 Å². The molecule has 20 heavy (non-hydrogen) atoms. The van der Waals surface area contributed by atoms with E-state index in [1.807, 2.05) is 30.3 Å². The third-order valence-electron chi connectivity index (χ3n) is 2.61. The molecule has 0 fully saturated rings. The highest BCUT2D eigenvalue weighted by atomic mass is 16.5. The van der Waals surface area contributed by atoms with Crippen LogP contribution >= 0.6 is 0 Å². The maximum absolute atomic E-state index is 11.5. The number of amides is 1. The molecule has 0 aromatic heterocycles. The van der Waals surface area contributed by atoms with Gasteiger partial charge in [0.15, 0.2) is 0 Å². The normalized spacial score (nSPS) is 11.7. The van der Waals surface area contributed by atoms with Gasteiger partial charge in [-0.25, -0.2) is 4.79 Å². The van der Waals surface area contributed by atoms with Crippen LogP contribution in [0.1, 0.15) is 19.3 Å². The average molecular weight is 281 g/mol. The number of carboxylic acids is 1. The fraction of sp³-hybridized carbons (Fsp3) is 0.429. The summed E-state index contributed by atoms with van der Waals surface area (Å²) in [5.41, 5.74) is 0. The Labute approximate surface area is 117 Å². The third-order valence-corrected chi connectivity index (χ3v) is 2.61. The van der Waals surface area contributed by atoms with E-state index in [-0.39, 0.29) is 25.4 Å². The van der Waals surface area contributed by atoms with Crippen LogP contribution in [0.4, 0.5) is 0 Å². The Hall–Kier alpha value is -2.08. The number of hydrogen-bond donors (Lipinski definition) is 3. The van der Waals surface area contributed by atoms with Crippen molar-refractivity contribution in [2.45, 2.75) is 25.3 Å². The minimum absolute atomic E-state index is 0.00158. The van der Waals surface area contributed by atoms with E-state index in [1.165, 1.54) is 0 Å². The summed E-state index contributed by atoms with van der Waals surface area (Å²) < 4.78 is 5.42. The number of nitrogens with one attached hydrogen (secondary N) is 1. The second-order valence-electron chi connectivity index (χ2n) is 4.24. The molecule has 1 aromatic rings. The van der Waals surface area contributed by atoms with Crippen LogP contribution in [-0.2, 0) is 9.59 Å². The maximum atomic E-state index is 11.5. The molecule has 0 aliphatic rings.